The van der Waals surface area contributed by atoms with Crippen LogP contribution >= 0.6 is 0 Å². The van der Waals surface area contributed by atoms with Crippen molar-refractivity contribution in [1.82, 2.24) is 20.2 Å². The minimum absolute atomic E-state index is 0.0140. The molecule has 1 unspecified atom stereocenters. The third-order valence-electron chi connectivity index (χ3n) is 7.72. The van der Waals surface area contributed by atoms with Crippen molar-refractivity contribution in [2.45, 2.75) is 39.2 Å². The van der Waals surface area contributed by atoms with Crippen LogP contribution in [0.5, 0.6) is 5.75 Å². The average Bonchev–Trinajstić information content (AvgIpc) is 3.29. The highest BCUT2D eigenvalue weighted by Crippen LogP contribution is 2.45. The number of ether oxygens (including phenoxy) is 2. The van der Waals surface area contributed by atoms with Crippen molar-refractivity contribution in [1.29, 1.82) is 0 Å². The third kappa shape index (κ3) is 4.53. The Morgan fingerprint density at radius 3 is 2.68 bits per heavy atom. The molecule has 2 N–H and O–H groups in total. The summed E-state index contributed by atoms with van der Waals surface area (Å²) in [6.07, 6.45) is 2.45. The van der Waals surface area contributed by atoms with Crippen LogP contribution in [0, 0.1) is 5.41 Å². The summed E-state index contributed by atoms with van der Waals surface area (Å²) >= 11 is 0. The van der Waals surface area contributed by atoms with Crippen molar-refractivity contribution in [3.63, 3.8) is 0 Å². The number of pyridine rings is 1. The minimum atomic E-state index is -0.113. The molecule has 2 amide bonds. The number of carbonyl (C=O) groups excluding carboxylic acids is 1. The first-order valence-electron chi connectivity index (χ1n) is 13.1. The van der Waals surface area contributed by atoms with Crippen molar-refractivity contribution in [3.8, 4) is 5.75 Å². The second kappa shape index (κ2) is 9.38. The summed E-state index contributed by atoms with van der Waals surface area (Å²) in [5.41, 5.74) is 6.62. The van der Waals surface area contributed by atoms with Gasteiger partial charge < -0.3 is 24.7 Å². The van der Waals surface area contributed by atoms with Crippen LogP contribution in [0.25, 0.3) is 21.8 Å². The zero-order valence-electron chi connectivity index (χ0n) is 21.8. The lowest BCUT2D eigenvalue weighted by Gasteiger charge is -2.38. The minimum Gasteiger partial charge on any atom is -0.497 e. The number of nitrogens with one attached hydrogen (secondary N) is 2. The Kier molecular flexibility index (Phi) is 6.03. The van der Waals surface area contributed by atoms with E-state index in [9.17, 15) is 4.79 Å². The number of aromatic amines is 1. The Bertz CT molecular complexity index is 1450. The van der Waals surface area contributed by atoms with Crippen molar-refractivity contribution < 1.29 is 14.3 Å². The molecule has 0 saturated carbocycles. The van der Waals surface area contributed by atoms with Gasteiger partial charge in [0.2, 0.25) is 0 Å². The fourth-order valence-corrected chi connectivity index (χ4v) is 5.95. The monoisotopic (exact) mass is 498 g/mol. The number of H-pyrrole nitrogens is 1. The van der Waals surface area contributed by atoms with E-state index in [0.717, 1.165) is 46.6 Å². The Morgan fingerprint density at radius 2 is 1.92 bits per heavy atom. The quantitative estimate of drug-likeness (QED) is 0.396. The van der Waals surface area contributed by atoms with Gasteiger partial charge in [0.25, 0.3) is 0 Å². The summed E-state index contributed by atoms with van der Waals surface area (Å²) in [6, 6.07) is 16.5. The summed E-state index contributed by atoms with van der Waals surface area (Å²) in [7, 11) is 1.68. The molecular weight excluding hydrogens is 464 g/mol. The van der Waals surface area contributed by atoms with Crippen LogP contribution in [0.1, 0.15) is 48.8 Å². The second-order valence-electron chi connectivity index (χ2n) is 11.0. The molecule has 7 heteroatoms. The molecule has 4 aromatic rings. The van der Waals surface area contributed by atoms with E-state index in [1.54, 1.807) is 7.11 Å². The smallest absolute Gasteiger partial charge is 0.318 e. The number of methoxy groups -OCH3 is 1. The van der Waals surface area contributed by atoms with Crippen molar-refractivity contribution in [2.75, 3.05) is 33.4 Å². The molecule has 2 aromatic heterocycles. The van der Waals surface area contributed by atoms with Gasteiger partial charge in [-0.15, -0.1) is 0 Å². The van der Waals surface area contributed by atoms with Gasteiger partial charge in [-0.25, -0.2) is 4.79 Å². The Labute approximate surface area is 217 Å². The number of amides is 2. The summed E-state index contributed by atoms with van der Waals surface area (Å²) < 4.78 is 10.8. The molecule has 1 aliphatic carbocycles. The second-order valence-corrected chi connectivity index (χ2v) is 11.0. The fourth-order valence-electron chi connectivity index (χ4n) is 5.95. The number of morpholine rings is 1. The Hall–Kier alpha value is -3.58. The molecular formula is C30H34N4O3. The molecule has 37 heavy (non-hydrogen) atoms. The highest BCUT2D eigenvalue weighted by Gasteiger charge is 2.37. The molecule has 2 aromatic carbocycles. The molecule has 1 saturated heterocycles. The van der Waals surface area contributed by atoms with E-state index in [1.165, 1.54) is 16.3 Å². The van der Waals surface area contributed by atoms with E-state index < -0.39 is 0 Å². The van der Waals surface area contributed by atoms with Crippen molar-refractivity contribution in [3.05, 3.63) is 71.0 Å². The van der Waals surface area contributed by atoms with Gasteiger partial charge >= 0.3 is 6.03 Å². The van der Waals surface area contributed by atoms with Gasteiger partial charge in [-0.05, 0) is 42.0 Å². The molecule has 0 bridgehead atoms. The van der Waals surface area contributed by atoms with Crippen molar-refractivity contribution >= 4 is 27.8 Å². The van der Waals surface area contributed by atoms with Crippen LogP contribution in [0.4, 0.5) is 4.79 Å². The Balaban J connectivity index is 1.48. The zero-order valence-corrected chi connectivity index (χ0v) is 21.8. The number of urea groups is 1. The molecule has 192 valence electrons. The van der Waals surface area contributed by atoms with E-state index in [1.807, 2.05) is 17.0 Å². The number of nitrogens with zero attached hydrogens (tertiary/aromatic N) is 2. The molecule has 7 nitrogen and oxygen atoms in total. The maximum Gasteiger partial charge on any atom is 0.318 e. The van der Waals surface area contributed by atoms with Crippen LogP contribution in [0.2, 0.25) is 0 Å². The van der Waals surface area contributed by atoms with E-state index >= 15 is 0 Å². The highest BCUT2D eigenvalue weighted by molar-refractivity contribution is 6.10. The lowest BCUT2D eigenvalue weighted by molar-refractivity contribution is 0.0518. The number of para-hydroxylation sites is 1. The normalized spacial score (nSPS) is 19.1. The van der Waals surface area contributed by atoms with E-state index in [-0.39, 0.29) is 17.5 Å². The van der Waals surface area contributed by atoms with Gasteiger partial charge in [-0.1, -0.05) is 44.2 Å². The first-order chi connectivity index (χ1) is 17.9. The van der Waals surface area contributed by atoms with E-state index in [2.05, 4.69) is 60.5 Å². The largest absolute Gasteiger partial charge is 0.497 e. The van der Waals surface area contributed by atoms with E-state index in [0.29, 0.717) is 32.7 Å². The lowest BCUT2D eigenvalue weighted by atomic mass is 9.72. The molecule has 2 aliphatic rings. The Morgan fingerprint density at radius 1 is 1.16 bits per heavy atom. The van der Waals surface area contributed by atoms with Gasteiger partial charge in [0, 0.05) is 47.1 Å². The molecule has 1 aliphatic heterocycles. The van der Waals surface area contributed by atoms with Crippen LogP contribution in [-0.4, -0.2) is 54.3 Å². The maximum absolute atomic E-state index is 13.3. The summed E-state index contributed by atoms with van der Waals surface area (Å²) in [4.78, 5) is 24.1. The number of hydrogen-bond donors (Lipinski definition) is 2. The molecule has 3 heterocycles. The predicted octanol–water partition coefficient (Wildman–Crippen LogP) is 5.37. The first kappa shape index (κ1) is 23.8. The molecule has 0 radical (unpaired) electrons. The lowest BCUT2D eigenvalue weighted by Crippen LogP contribution is -2.48. The van der Waals surface area contributed by atoms with E-state index in [4.69, 9.17) is 14.5 Å². The molecule has 6 rings (SSSR count). The van der Waals surface area contributed by atoms with Gasteiger partial charge in [-0.2, -0.15) is 0 Å². The van der Waals surface area contributed by atoms with Gasteiger partial charge in [-0.3, -0.25) is 4.98 Å². The number of rotatable bonds is 4. The summed E-state index contributed by atoms with van der Waals surface area (Å²) in [6.45, 7) is 6.96. The fraction of sp³-hybridized carbons (Fsp3) is 0.400. The number of fused-ring (bicyclic) bond motifs is 5. The number of aromatic nitrogens is 2. The average molecular weight is 499 g/mol. The number of benzene rings is 2. The maximum atomic E-state index is 13.3. The third-order valence-corrected chi connectivity index (χ3v) is 7.72. The van der Waals surface area contributed by atoms with Gasteiger partial charge in [0.05, 0.1) is 37.6 Å². The molecule has 1 fully saturated rings. The van der Waals surface area contributed by atoms with Crippen molar-refractivity contribution in [2.24, 2.45) is 5.41 Å². The van der Waals surface area contributed by atoms with Crippen LogP contribution in [-0.2, 0) is 17.6 Å². The summed E-state index contributed by atoms with van der Waals surface area (Å²) in [5, 5.41) is 5.76. The zero-order chi connectivity index (χ0) is 25.6. The van der Waals surface area contributed by atoms with Gasteiger partial charge in [0.1, 0.15) is 5.75 Å². The number of carbonyl (C=O) groups is 1. The molecule has 0 spiro atoms. The van der Waals surface area contributed by atoms with Crippen LogP contribution in [0.15, 0.2) is 48.5 Å². The number of hydrogen-bond acceptors (Lipinski definition) is 4. The van der Waals surface area contributed by atoms with Crippen LogP contribution < -0.4 is 10.1 Å². The molecule has 1 atom stereocenters. The predicted molar refractivity (Wildman–Crippen MR) is 145 cm³/mol. The van der Waals surface area contributed by atoms with Gasteiger partial charge in [0.15, 0.2) is 0 Å². The first-order valence-corrected chi connectivity index (χ1v) is 13.1. The SMILES string of the molecule is COc1ccc(Cc2nc3c(c4c2[nH]c2ccccc24)C(NC(=O)N2CCOCC2)CC(C)(C)C3)cc1. The summed E-state index contributed by atoms with van der Waals surface area (Å²) in [5.74, 6) is 0.846. The van der Waals surface area contributed by atoms with Crippen LogP contribution in [0.3, 0.4) is 0 Å². The standard InChI is InChI=1S/C30H34N4O3/c1-30(2)17-24-27(25(18-30)33-29(35)34-12-14-37-15-13-34)26-21-6-4-5-7-22(21)32-28(26)23(31-24)16-19-8-10-20(36-3)11-9-19/h4-11,25,32H,12-18H2,1-3H3,(H,33,35). The highest BCUT2D eigenvalue weighted by atomic mass is 16.5. The topological polar surface area (TPSA) is 79.5 Å².